The average molecular weight is 308 g/mol. The van der Waals surface area contributed by atoms with Crippen LogP contribution >= 0.6 is 0 Å². The molecule has 0 aliphatic rings. The Morgan fingerprint density at radius 2 is 1.95 bits per heavy atom. The van der Waals surface area contributed by atoms with Crippen LogP contribution in [0.25, 0.3) is 0 Å². The number of pyridine rings is 1. The molecule has 2 rings (SSSR count). The van der Waals surface area contributed by atoms with Crippen LogP contribution < -0.4 is 4.73 Å². The van der Waals surface area contributed by atoms with Gasteiger partial charge in [-0.15, -0.1) is 0 Å². The first kappa shape index (κ1) is 14.9. The van der Waals surface area contributed by atoms with Gasteiger partial charge >= 0.3 is 5.03 Å². The first-order valence-corrected chi connectivity index (χ1v) is 7.61. The number of aromatic nitrogens is 1. The summed E-state index contributed by atoms with van der Waals surface area (Å²) in [5, 5.41) is 21.9. The van der Waals surface area contributed by atoms with Crippen LogP contribution in [0.2, 0.25) is 0 Å². The smallest absolute Gasteiger partial charge is 0.308 e. The summed E-state index contributed by atoms with van der Waals surface area (Å²) in [4.78, 5) is 10.2. The van der Waals surface area contributed by atoms with Crippen molar-refractivity contribution in [3.8, 4) is 0 Å². The molecule has 0 saturated heterocycles. The summed E-state index contributed by atoms with van der Waals surface area (Å²) in [5.74, 6) is -0.466. The topological polar surface area (TPSA) is 104 Å². The first-order valence-electron chi connectivity index (χ1n) is 5.96. The highest BCUT2D eigenvalue weighted by atomic mass is 32.2. The lowest BCUT2D eigenvalue weighted by molar-refractivity contribution is -0.646. The van der Waals surface area contributed by atoms with Crippen LogP contribution in [0.4, 0.5) is 5.69 Å². The van der Waals surface area contributed by atoms with Gasteiger partial charge in [-0.1, -0.05) is 6.07 Å². The summed E-state index contributed by atoms with van der Waals surface area (Å²) in [7, 11) is -3.88. The number of sulfone groups is 1. The van der Waals surface area contributed by atoms with E-state index in [-0.39, 0.29) is 15.4 Å². The number of aryl methyl sites for hydroxylation is 1. The van der Waals surface area contributed by atoms with Gasteiger partial charge in [-0.05, 0) is 24.1 Å². The van der Waals surface area contributed by atoms with E-state index in [9.17, 15) is 23.7 Å². The number of hydrogen-bond donors (Lipinski definition) is 0. The molecule has 1 aromatic heterocycles. The molecule has 1 aromatic carbocycles. The normalized spacial score (nSPS) is 11.3. The summed E-state index contributed by atoms with van der Waals surface area (Å²) in [6.07, 6.45) is 1.09. The third kappa shape index (κ3) is 3.16. The quantitative estimate of drug-likeness (QED) is 0.368. The van der Waals surface area contributed by atoms with E-state index in [0.717, 1.165) is 6.20 Å². The molecule has 0 unspecified atom stereocenters. The molecule has 0 fully saturated rings. The van der Waals surface area contributed by atoms with E-state index in [1.54, 1.807) is 6.92 Å². The summed E-state index contributed by atoms with van der Waals surface area (Å²) in [5.41, 5.74) is 0.722. The molecular weight excluding hydrogens is 296 g/mol. The van der Waals surface area contributed by atoms with Gasteiger partial charge in [0.2, 0.25) is 9.84 Å². The fourth-order valence-corrected chi connectivity index (χ4v) is 3.35. The molecule has 0 amide bonds. The maximum Gasteiger partial charge on any atom is 0.308 e. The van der Waals surface area contributed by atoms with Crippen molar-refractivity contribution in [2.24, 2.45) is 0 Å². The van der Waals surface area contributed by atoms with Gasteiger partial charge in [0.15, 0.2) is 6.20 Å². The van der Waals surface area contributed by atoms with Crippen molar-refractivity contribution in [3.05, 3.63) is 69.0 Å². The molecule has 21 heavy (non-hydrogen) atoms. The van der Waals surface area contributed by atoms with Crippen LogP contribution in [0.3, 0.4) is 0 Å². The van der Waals surface area contributed by atoms with E-state index in [1.165, 1.54) is 36.4 Å². The fraction of sp³-hybridized carbons (Fsp3) is 0.154. The minimum Gasteiger partial charge on any atom is -0.618 e. The van der Waals surface area contributed by atoms with Crippen LogP contribution in [0.5, 0.6) is 0 Å². The van der Waals surface area contributed by atoms with Crippen molar-refractivity contribution in [2.75, 3.05) is 0 Å². The highest BCUT2D eigenvalue weighted by molar-refractivity contribution is 7.90. The molecular formula is C13H12N2O5S. The Labute approximate surface area is 121 Å². The van der Waals surface area contributed by atoms with Crippen LogP contribution in [-0.4, -0.2) is 13.3 Å². The van der Waals surface area contributed by atoms with Crippen molar-refractivity contribution in [3.63, 3.8) is 0 Å². The van der Waals surface area contributed by atoms with Gasteiger partial charge in [0, 0.05) is 24.3 Å². The standard InChI is InChI=1S/C13H12N2O5S/c1-10-5-6-12(15(17)18)8-11(10)9-21(19,20)13-4-2-3-7-14(13)16/h2-8H,9H2,1H3. The van der Waals surface area contributed by atoms with Gasteiger partial charge in [-0.25, -0.2) is 8.42 Å². The monoisotopic (exact) mass is 308 g/mol. The summed E-state index contributed by atoms with van der Waals surface area (Å²) in [6.45, 7) is 1.66. The summed E-state index contributed by atoms with van der Waals surface area (Å²) < 4.78 is 24.8. The second-order valence-corrected chi connectivity index (χ2v) is 6.43. The lowest BCUT2D eigenvalue weighted by Gasteiger charge is -2.07. The van der Waals surface area contributed by atoms with Crippen molar-refractivity contribution >= 4 is 15.5 Å². The van der Waals surface area contributed by atoms with E-state index < -0.39 is 20.5 Å². The number of non-ortho nitro benzene ring substituents is 1. The molecule has 0 saturated carbocycles. The largest absolute Gasteiger partial charge is 0.618 e. The van der Waals surface area contributed by atoms with Gasteiger partial charge in [0.05, 0.1) is 10.7 Å². The van der Waals surface area contributed by atoms with Gasteiger partial charge < -0.3 is 5.21 Å². The van der Waals surface area contributed by atoms with Gasteiger partial charge in [0.1, 0.15) is 0 Å². The maximum atomic E-state index is 12.3. The average Bonchev–Trinajstić information content (AvgIpc) is 2.41. The lowest BCUT2D eigenvalue weighted by atomic mass is 10.1. The molecule has 1 heterocycles. The molecule has 2 aromatic rings. The van der Waals surface area contributed by atoms with Crippen LogP contribution in [0, 0.1) is 22.2 Å². The molecule has 0 aliphatic carbocycles. The zero-order valence-corrected chi connectivity index (χ0v) is 11.9. The van der Waals surface area contributed by atoms with Crippen molar-refractivity contribution < 1.29 is 18.1 Å². The lowest BCUT2D eigenvalue weighted by Crippen LogP contribution is -2.33. The Kier molecular flexibility index (Phi) is 3.90. The van der Waals surface area contributed by atoms with E-state index in [4.69, 9.17) is 0 Å². The van der Waals surface area contributed by atoms with E-state index in [0.29, 0.717) is 11.1 Å². The molecule has 0 aliphatic heterocycles. The van der Waals surface area contributed by atoms with E-state index in [1.807, 2.05) is 0 Å². The Morgan fingerprint density at radius 1 is 1.24 bits per heavy atom. The highest BCUT2D eigenvalue weighted by Crippen LogP contribution is 2.21. The van der Waals surface area contributed by atoms with Crippen LogP contribution in [0.15, 0.2) is 47.6 Å². The minimum atomic E-state index is -3.88. The van der Waals surface area contributed by atoms with Crippen molar-refractivity contribution in [1.29, 1.82) is 0 Å². The second kappa shape index (κ2) is 5.49. The number of rotatable bonds is 4. The van der Waals surface area contributed by atoms with Crippen molar-refractivity contribution in [2.45, 2.75) is 17.7 Å². The number of hydrogen-bond acceptors (Lipinski definition) is 5. The molecule has 8 heteroatoms. The van der Waals surface area contributed by atoms with Gasteiger partial charge in [-0.2, -0.15) is 4.73 Å². The summed E-state index contributed by atoms with van der Waals surface area (Å²) in [6, 6.07) is 8.08. The second-order valence-electron chi connectivity index (χ2n) is 4.49. The Hall–Kier alpha value is -2.48. The predicted octanol–water partition coefficient (Wildman–Crippen LogP) is 1.51. The fourth-order valence-electron chi connectivity index (χ4n) is 1.86. The van der Waals surface area contributed by atoms with Gasteiger partial charge in [-0.3, -0.25) is 10.1 Å². The number of nitro benzene ring substituents is 1. The molecule has 7 nitrogen and oxygen atoms in total. The zero-order chi connectivity index (χ0) is 15.6. The Bertz CT molecular complexity index is 802. The minimum absolute atomic E-state index is 0.186. The molecule has 0 spiro atoms. The van der Waals surface area contributed by atoms with Crippen LogP contribution in [-0.2, 0) is 15.6 Å². The number of nitro groups is 1. The number of nitrogens with zero attached hydrogens (tertiary/aromatic N) is 2. The third-order valence-electron chi connectivity index (χ3n) is 3.00. The molecule has 0 radical (unpaired) electrons. The molecule has 0 atom stereocenters. The molecule has 110 valence electrons. The third-order valence-corrected chi connectivity index (χ3v) is 4.64. The maximum absolute atomic E-state index is 12.3. The van der Waals surface area contributed by atoms with Crippen molar-refractivity contribution in [1.82, 2.24) is 0 Å². The summed E-state index contributed by atoms with van der Waals surface area (Å²) >= 11 is 0. The van der Waals surface area contributed by atoms with Crippen LogP contribution in [0.1, 0.15) is 11.1 Å². The molecule has 0 N–H and O–H groups in total. The van der Waals surface area contributed by atoms with E-state index >= 15 is 0 Å². The molecule has 0 bridgehead atoms. The van der Waals surface area contributed by atoms with Gasteiger partial charge in [0.25, 0.3) is 5.69 Å². The Morgan fingerprint density at radius 3 is 2.57 bits per heavy atom. The first-order chi connectivity index (χ1) is 9.81. The number of benzene rings is 1. The SMILES string of the molecule is Cc1ccc([N+](=O)[O-])cc1CS(=O)(=O)c1cccc[n+]1[O-]. The predicted molar refractivity (Wildman–Crippen MR) is 74.1 cm³/mol. The Balaban J connectivity index is 2.44. The highest BCUT2D eigenvalue weighted by Gasteiger charge is 2.25. The zero-order valence-electron chi connectivity index (χ0n) is 11.1. The van der Waals surface area contributed by atoms with E-state index in [2.05, 4.69) is 0 Å².